The molecule has 1 fully saturated rings. The lowest BCUT2D eigenvalue weighted by Gasteiger charge is -2.24. The molecule has 4 rings (SSSR count). The smallest absolute Gasteiger partial charge is 0.259 e. The lowest BCUT2D eigenvalue weighted by molar-refractivity contribution is -0.132. The molecule has 1 N–H and O–H groups in total. The normalized spacial score (nSPS) is 15.7. The minimum Gasteiger partial charge on any atom is -0.339 e. The van der Waals surface area contributed by atoms with Gasteiger partial charge in [-0.2, -0.15) is 4.98 Å². The molecule has 0 unspecified atom stereocenters. The number of hydrogen-bond donors (Lipinski definition) is 1. The Balaban J connectivity index is 1.43. The van der Waals surface area contributed by atoms with Crippen molar-refractivity contribution in [2.45, 2.75) is 45.6 Å². The van der Waals surface area contributed by atoms with E-state index in [1.54, 1.807) is 18.7 Å². The fraction of sp³-hybridized carbons (Fsp3) is 0.364. The van der Waals surface area contributed by atoms with Crippen LogP contribution in [0.2, 0.25) is 0 Å². The maximum absolute atomic E-state index is 13.1. The average molecular weight is 438 g/mol. The van der Waals surface area contributed by atoms with Crippen LogP contribution in [-0.4, -0.2) is 43.4 Å². The minimum atomic E-state index is -0.380. The van der Waals surface area contributed by atoms with Gasteiger partial charge in [0.05, 0.1) is 17.3 Å². The van der Waals surface area contributed by atoms with Crippen molar-refractivity contribution in [2.24, 2.45) is 0 Å². The van der Waals surface area contributed by atoms with Gasteiger partial charge >= 0.3 is 0 Å². The van der Waals surface area contributed by atoms with Gasteiger partial charge in [0, 0.05) is 31.3 Å². The SMILES string of the molecule is Cc1noc(CCC(=O)N2CCC[C@@H]2c2ncc(C(=O)Nc3ccc(F)cc3)c(C)n2)n1. The molecule has 2 amide bonds. The van der Waals surface area contributed by atoms with E-state index in [9.17, 15) is 14.0 Å². The highest BCUT2D eigenvalue weighted by atomic mass is 19.1. The number of aromatic nitrogens is 4. The molecule has 3 heterocycles. The van der Waals surface area contributed by atoms with Crippen molar-refractivity contribution in [1.82, 2.24) is 25.0 Å². The molecule has 10 heteroatoms. The number of hydrogen-bond acceptors (Lipinski definition) is 7. The molecule has 1 aliphatic rings. The number of halogens is 1. The van der Waals surface area contributed by atoms with Crippen molar-refractivity contribution < 1.29 is 18.5 Å². The molecule has 0 spiro atoms. The Morgan fingerprint density at radius 1 is 1.22 bits per heavy atom. The molecule has 0 aliphatic carbocycles. The summed E-state index contributed by atoms with van der Waals surface area (Å²) in [6.07, 6.45) is 3.72. The van der Waals surface area contributed by atoms with Crippen LogP contribution in [0.25, 0.3) is 0 Å². The Labute approximate surface area is 184 Å². The molecule has 3 aromatic rings. The summed E-state index contributed by atoms with van der Waals surface area (Å²) in [5, 5.41) is 6.44. The average Bonchev–Trinajstić information content (AvgIpc) is 3.42. The molecule has 1 saturated heterocycles. The zero-order valence-corrected chi connectivity index (χ0v) is 17.8. The van der Waals surface area contributed by atoms with Crippen molar-refractivity contribution in [1.29, 1.82) is 0 Å². The Kier molecular flexibility index (Phi) is 6.20. The van der Waals surface area contributed by atoms with E-state index >= 15 is 0 Å². The fourth-order valence-electron chi connectivity index (χ4n) is 3.73. The van der Waals surface area contributed by atoms with Crippen LogP contribution in [0.3, 0.4) is 0 Å². The van der Waals surface area contributed by atoms with E-state index in [1.165, 1.54) is 30.5 Å². The quantitative estimate of drug-likeness (QED) is 0.629. The summed E-state index contributed by atoms with van der Waals surface area (Å²) in [5.74, 6) is 0.710. The lowest BCUT2D eigenvalue weighted by Crippen LogP contribution is -2.32. The van der Waals surface area contributed by atoms with E-state index in [-0.39, 0.29) is 30.1 Å². The van der Waals surface area contributed by atoms with Gasteiger partial charge in [-0.05, 0) is 51.0 Å². The first kappa shape index (κ1) is 21.5. The molecule has 0 saturated carbocycles. The van der Waals surface area contributed by atoms with Crippen molar-refractivity contribution in [3.05, 3.63) is 65.1 Å². The van der Waals surface area contributed by atoms with Gasteiger partial charge in [0.2, 0.25) is 11.8 Å². The summed E-state index contributed by atoms with van der Waals surface area (Å²) in [4.78, 5) is 40.2. The molecule has 1 atom stereocenters. The second-order valence-electron chi connectivity index (χ2n) is 7.67. The Morgan fingerprint density at radius 3 is 2.69 bits per heavy atom. The highest BCUT2D eigenvalue weighted by Gasteiger charge is 2.32. The number of aryl methyl sites for hydroxylation is 3. The fourth-order valence-corrected chi connectivity index (χ4v) is 3.73. The summed E-state index contributed by atoms with van der Waals surface area (Å²) < 4.78 is 18.1. The standard InChI is InChI=1S/C22H23FN6O3/c1-13-17(22(31)27-16-7-5-15(23)6-8-16)12-24-21(25-13)18-4-3-11-29(18)20(30)10-9-19-26-14(2)28-32-19/h5-8,12,18H,3-4,9-11H2,1-2H3,(H,27,31)/t18-/m1/s1. The number of nitrogens with one attached hydrogen (secondary N) is 1. The Hall–Kier alpha value is -3.69. The van der Waals surface area contributed by atoms with E-state index in [2.05, 4.69) is 25.4 Å². The number of carbonyl (C=O) groups is 2. The zero-order chi connectivity index (χ0) is 22.7. The van der Waals surface area contributed by atoms with Gasteiger partial charge in [-0.25, -0.2) is 14.4 Å². The van der Waals surface area contributed by atoms with Crippen molar-refractivity contribution in [2.75, 3.05) is 11.9 Å². The molecule has 0 bridgehead atoms. The lowest BCUT2D eigenvalue weighted by atomic mass is 10.1. The van der Waals surface area contributed by atoms with Gasteiger partial charge < -0.3 is 14.7 Å². The number of benzene rings is 1. The van der Waals surface area contributed by atoms with Crippen LogP contribution < -0.4 is 5.32 Å². The molecular weight excluding hydrogens is 415 g/mol. The third-order valence-electron chi connectivity index (χ3n) is 5.34. The number of likely N-dealkylation sites (tertiary alicyclic amines) is 1. The Morgan fingerprint density at radius 2 is 2.00 bits per heavy atom. The van der Waals surface area contributed by atoms with E-state index in [4.69, 9.17) is 4.52 Å². The van der Waals surface area contributed by atoms with E-state index in [0.29, 0.717) is 47.4 Å². The first-order chi connectivity index (χ1) is 15.4. The van der Waals surface area contributed by atoms with Crippen LogP contribution in [-0.2, 0) is 11.2 Å². The van der Waals surface area contributed by atoms with Crippen LogP contribution in [0.1, 0.15) is 58.9 Å². The highest BCUT2D eigenvalue weighted by Crippen LogP contribution is 2.31. The molecule has 32 heavy (non-hydrogen) atoms. The van der Waals surface area contributed by atoms with Crippen LogP contribution >= 0.6 is 0 Å². The molecule has 2 aromatic heterocycles. The maximum atomic E-state index is 13.1. The first-order valence-corrected chi connectivity index (χ1v) is 10.4. The summed E-state index contributed by atoms with van der Waals surface area (Å²) >= 11 is 0. The molecule has 1 aliphatic heterocycles. The van der Waals surface area contributed by atoms with E-state index < -0.39 is 0 Å². The second kappa shape index (κ2) is 9.21. The van der Waals surface area contributed by atoms with Gasteiger partial charge in [0.1, 0.15) is 5.82 Å². The zero-order valence-electron chi connectivity index (χ0n) is 17.8. The number of amides is 2. The Bertz CT molecular complexity index is 1130. The van der Waals surface area contributed by atoms with Crippen molar-refractivity contribution in [3.8, 4) is 0 Å². The topological polar surface area (TPSA) is 114 Å². The van der Waals surface area contributed by atoms with Crippen LogP contribution in [0.4, 0.5) is 10.1 Å². The molecule has 9 nitrogen and oxygen atoms in total. The maximum Gasteiger partial charge on any atom is 0.259 e. The predicted octanol–water partition coefficient (Wildman–Crippen LogP) is 3.16. The van der Waals surface area contributed by atoms with Crippen molar-refractivity contribution in [3.63, 3.8) is 0 Å². The third kappa shape index (κ3) is 4.79. The second-order valence-corrected chi connectivity index (χ2v) is 7.67. The van der Waals surface area contributed by atoms with E-state index in [1.807, 2.05) is 0 Å². The predicted molar refractivity (Wildman–Crippen MR) is 112 cm³/mol. The summed E-state index contributed by atoms with van der Waals surface area (Å²) in [6.45, 7) is 4.08. The third-order valence-corrected chi connectivity index (χ3v) is 5.34. The number of anilines is 1. The molecule has 1 aromatic carbocycles. The van der Waals surface area contributed by atoms with Gasteiger partial charge in [0.25, 0.3) is 5.91 Å². The van der Waals surface area contributed by atoms with Gasteiger partial charge in [-0.1, -0.05) is 5.16 Å². The molecule has 0 radical (unpaired) electrons. The summed E-state index contributed by atoms with van der Waals surface area (Å²) in [5.41, 5.74) is 1.31. The monoisotopic (exact) mass is 438 g/mol. The molecule has 166 valence electrons. The molecular formula is C22H23FN6O3. The summed E-state index contributed by atoms with van der Waals surface area (Å²) in [6, 6.07) is 5.27. The van der Waals surface area contributed by atoms with Crippen LogP contribution in [0, 0.1) is 19.7 Å². The van der Waals surface area contributed by atoms with Gasteiger partial charge in [-0.3, -0.25) is 9.59 Å². The number of nitrogens with zero attached hydrogens (tertiary/aromatic N) is 5. The number of carbonyl (C=O) groups excluding carboxylic acids is 2. The van der Waals surface area contributed by atoms with Gasteiger partial charge in [-0.15, -0.1) is 0 Å². The number of rotatable bonds is 6. The highest BCUT2D eigenvalue weighted by molar-refractivity contribution is 6.04. The van der Waals surface area contributed by atoms with Crippen LogP contribution in [0.5, 0.6) is 0 Å². The largest absolute Gasteiger partial charge is 0.339 e. The van der Waals surface area contributed by atoms with Crippen molar-refractivity contribution >= 4 is 17.5 Å². The first-order valence-electron chi connectivity index (χ1n) is 10.4. The minimum absolute atomic E-state index is 0.0252. The van der Waals surface area contributed by atoms with E-state index in [0.717, 1.165) is 12.8 Å². The van der Waals surface area contributed by atoms with Gasteiger partial charge in [0.15, 0.2) is 11.6 Å². The summed E-state index contributed by atoms with van der Waals surface area (Å²) in [7, 11) is 0. The van der Waals surface area contributed by atoms with Crippen LogP contribution in [0.15, 0.2) is 35.0 Å².